The second kappa shape index (κ2) is 6.15. The lowest BCUT2D eigenvalue weighted by Crippen LogP contribution is -2.45. The molecule has 1 aromatic rings. The van der Waals surface area contributed by atoms with Gasteiger partial charge in [0.1, 0.15) is 5.82 Å². The molecule has 0 aromatic heterocycles. The van der Waals surface area contributed by atoms with E-state index in [1.807, 2.05) is 4.90 Å². The Morgan fingerprint density at radius 3 is 2.72 bits per heavy atom. The minimum atomic E-state index is -0.395. The fourth-order valence-corrected chi connectivity index (χ4v) is 2.88. The number of halogens is 3. The van der Waals surface area contributed by atoms with Crippen molar-refractivity contribution in [3.05, 3.63) is 34.1 Å². The third-order valence-corrected chi connectivity index (χ3v) is 4.44. The van der Waals surface area contributed by atoms with Crippen molar-refractivity contribution in [3.8, 4) is 0 Å². The van der Waals surface area contributed by atoms with E-state index in [0.29, 0.717) is 18.2 Å². The van der Waals surface area contributed by atoms with Crippen LogP contribution in [0.1, 0.15) is 29.6 Å². The molecule has 18 heavy (non-hydrogen) atoms. The van der Waals surface area contributed by atoms with Crippen LogP contribution in [0.25, 0.3) is 0 Å². The van der Waals surface area contributed by atoms with Gasteiger partial charge in [0, 0.05) is 17.9 Å². The maximum atomic E-state index is 13.5. The van der Waals surface area contributed by atoms with Gasteiger partial charge in [0.05, 0.1) is 10.0 Å². The summed E-state index contributed by atoms with van der Waals surface area (Å²) in [6, 6.07) is 4.89. The van der Waals surface area contributed by atoms with E-state index in [9.17, 15) is 9.18 Å². The molecule has 1 fully saturated rings. The van der Waals surface area contributed by atoms with E-state index in [0.717, 1.165) is 18.2 Å². The summed E-state index contributed by atoms with van der Waals surface area (Å²) in [7, 11) is 0. The summed E-state index contributed by atoms with van der Waals surface area (Å²) >= 11 is 6.52. The molecule has 0 heterocycles. The molecule has 2 nitrogen and oxygen atoms in total. The van der Waals surface area contributed by atoms with Gasteiger partial charge >= 0.3 is 0 Å². The second-order valence-corrected chi connectivity index (χ2v) is 5.96. The van der Waals surface area contributed by atoms with Crippen LogP contribution >= 0.6 is 31.9 Å². The van der Waals surface area contributed by atoms with Crippen LogP contribution in [-0.4, -0.2) is 28.7 Å². The summed E-state index contributed by atoms with van der Waals surface area (Å²) < 4.78 is 13.7. The number of hydrogen-bond donors (Lipinski definition) is 0. The Balaban J connectivity index is 2.24. The second-order valence-electron chi connectivity index (χ2n) is 4.37. The lowest BCUT2D eigenvalue weighted by Gasteiger charge is -2.37. The smallest absolute Gasteiger partial charge is 0.255 e. The molecule has 0 aliphatic heterocycles. The number of amides is 1. The zero-order valence-electron chi connectivity index (χ0n) is 9.83. The van der Waals surface area contributed by atoms with Gasteiger partial charge in [-0.1, -0.05) is 22.0 Å². The van der Waals surface area contributed by atoms with Crippen LogP contribution in [0.2, 0.25) is 0 Å². The molecule has 1 saturated carbocycles. The number of hydrogen-bond acceptors (Lipinski definition) is 1. The standard InChI is InChI=1S/C13H14Br2FNO/c14-7-8-17(9-3-1-4-9)13(18)10-5-2-6-11(16)12(10)15/h2,5-6,9H,1,3-4,7-8H2. The molecule has 5 heteroatoms. The van der Waals surface area contributed by atoms with Crippen molar-refractivity contribution in [1.29, 1.82) is 0 Å². The van der Waals surface area contributed by atoms with Crippen molar-refractivity contribution in [2.75, 3.05) is 11.9 Å². The van der Waals surface area contributed by atoms with Gasteiger partial charge in [-0.05, 0) is 47.3 Å². The summed E-state index contributed by atoms with van der Waals surface area (Å²) in [6.07, 6.45) is 3.26. The molecular weight excluding hydrogens is 365 g/mol. The van der Waals surface area contributed by atoms with Crippen molar-refractivity contribution in [3.63, 3.8) is 0 Å². The summed E-state index contributed by atoms with van der Waals surface area (Å²) in [4.78, 5) is 14.3. The minimum Gasteiger partial charge on any atom is -0.335 e. The number of rotatable bonds is 4. The van der Waals surface area contributed by atoms with Crippen LogP contribution in [0.5, 0.6) is 0 Å². The number of alkyl halides is 1. The maximum absolute atomic E-state index is 13.5. The van der Waals surface area contributed by atoms with Gasteiger partial charge in [-0.3, -0.25) is 4.79 Å². The Bertz CT molecular complexity index is 449. The van der Waals surface area contributed by atoms with Crippen molar-refractivity contribution in [2.24, 2.45) is 0 Å². The fourth-order valence-electron chi connectivity index (χ4n) is 2.06. The third kappa shape index (κ3) is 2.77. The molecule has 0 bridgehead atoms. The average molecular weight is 379 g/mol. The SMILES string of the molecule is O=C(c1cccc(F)c1Br)N(CCBr)C1CCC1. The zero-order chi connectivity index (χ0) is 13.1. The quantitative estimate of drug-likeness (QED) is 0.725. The molecule has 1 aromatic carbocycles. The van der Waals surface area contributed by atoms with Crippen LogP contribution in [-0.2, 0) is 0 Å². The van der Waals surface area contributed by atoms with Gasteiger partial charge in [-0.15, -0.1) is 0 Å². The van der Waals surface area contributed by atoms with E-state index >= 15 is 0 Å². The van der Waals surface area contributed by atoms with Crippen LogP contribution < -0.4 is 0 Å². The van der Waals surface area contributed by atoms with E-state index in [-0.39, 0.29) is 10.4 Å². The van der Waals surface area contributed by atoms with Gasteiger partial charge in [0.2, 0.25) is 0 Å². The van der Waals surface area contributed by atoms with Gasteiger partial charge in [-0.2, -0.15) is 0 Å². The van der Waals surface area contributed by atoms with E-state index in [2.05, 4.69) is 31.9 Å². The maximum Gasteiger partial charge on any atom is 0.255 e. The van der Waals surface area contributed by atoms with E-state index < -0.39 is 5.82 Å². The van der Waals surface area contributed by atoms with Crippen molar-refractivity contribution in [2.45, 2.75) is 25.3 Å². The molecule has 0 saturated heterocycles. The highest BCUT2D eigenvalue weighted by molar-refractivity contribution is 9.10. The van der Waals surface area contributed by atoms with E-state index in [4.69, 9.17) is 0 Å². The van der Waals surface area contributed by atoms with Crippen molar-refractivity contribution in [1.82, 2.24) is 4.90 Å². The van der Waals surface area contributed by atoms with Crippen molar-refractivity contribution < 1.29 is 9.18 Å². The summed E-state index contributed by atoms with van der Waals surface area (Å²) in [5, 5.41) is 0.738. The normalized spacial score (nSPS) is 15.3. The summed E-state index contributed by atoms with van der Waals surface area (Å²) in [5.41, 5.74) is 0.405. The molecular formula is C13H14Br2FNO. The van der Waals surface area contributed by atoms with Crippen LogP contribution in [0, 0.1) is 5.82 Å². The highest BCUT2D eigenvalue weighted by Gasteiger charge is 2.30. The van der Waals surface area contributed by atoms with Crippen LogP contribution in [0.3, 0.4) is 0 Å². The topological polar surface area (TPSA) is 20.3 Å². The first-order valence-corrected chi connectivity index (χ1v) is 7.87. The first kappa shape index (κ1) is 14.0. The summed E-state index contributed by atoms with van der Waals surface area (Å²) in [6.45, 7) is 0.659. The Hall–Kier alpha value is -0.420. The monoisotopic (exact) mass is 377 g/mol. The lowest BCUT2D eigenvalue weighted by molar-refractivity contribution is 0.0598. The highest BCUT2D eigenvalue weighted by Crippen LogP contribution is 2.28. The zero-order valence-corrected chi connectivity index (χ0v) is 13.0. The van der Waals surface area contributed by atoms with Crippen LogP contribution in [0.4, 0.5) is 4.39 Å². The molecule has 0 radical (unpaired) electrons. The molecule has 0 N–H and O–H groups in total. The Labute approximate surface area is 123 Å². The first-order valence-electron chi connectivity index (χ1n) is 5.96. The molecule has 1 aliphatic carbocycles. The van der Waals surface area contributed by atoms with Gasteiger partial charge in [0.15, 0.2) is 0 Å². The molecule has 0 unspecified atom stereocenters. The molecule has 1 aliphatic rings. The lowest BCUT2D eigenvalue weighted by atomic mass is 9.91. The first-order chi connectivity index (χ1) is 8.65. The van der Waals surface area contributed by atoms with Crippen LogP contribution in [0.15, 0.2) is 22.7 Å². The largest absolute Gasteiger partial charge is 0.335 e. The van der Waals surface area contributed by atoms with Gasteiger partial charge in [0.25, 0.3) is 5.91 Å². The number of carbonyl (C=O) groups excluding carboxylic acids is 1. The average Bonchev–Trinajstić information content (AvgIpc) is 2.29. The molecule has 1 amide bonds. The van der Waals surface area contributed by atoms with Gasteiger partial charge < -0.3 is 4.90 Å². The fraction of sp³-hybridized carbons (Fsp3) is 0.462. The van der Waals surface area contributed by atoms with E-state index in [1.54, 1.807) is 12.1 Å². The Morgan fingerprint density at radius 1 is 1.44 bits per heavy atom. The molecule has 2 rings (SSSR count). The third-order valence-electron chi connectivity index (χ3n) is 3.28. The van der Waals surface area contributed by atoms with E-state index in [1.165, 1.54) is 12.5 Å². The summed E-state index contributed by atoms with van der Waals surface area (Å²) in [5.74, 6) is -0.487. The predicted octanol–water partition coefficient (Wildman–Crippen LogP) is 3.98. The van der Waals surface area contributed by atoms with Crippen molar-refractivity contribution >= 4 is 37.8 Å². The molecule has 0 spiro atoms. The number of carbonyl (C=O) groups is 1. The molecule has 0 atom stereocenters. The number of nitrogens with zero attached hydrogens (tertiary/aromatic N) is 1. The highest BCUT2D eigenvalue weighted by atomic mass is 79.9. The predicted molar refractivity (Wildman–Crippen MR) is 76.6 cm³/mol. The Morgan fingerprint density at radius 2 is 2.17 bits per heavy atom. The minimum absolute atomic E-state index is 0.0921. The molecule has 98 valence electrons. The van der Waals surface area contributed by atoms with Gasteiger partial charge in [-0.25, -0.2) is 4.39 Å². The number of benzene rings is 1. The Kier molecular flexibility index (Phi) is 4.78.